The van der Waals surface area contributed by atoms with Crippen molar-refractivity contribution in [3.63, 3.8) is 0 Å². The number of fused-ring (bicyclic) bond motifs is 2. The number of aromatic amines is 1. The molecule has 1 saturated heterocycles. The highest BCUT2D eigenvalue weighted by molar-refractivity contribution is 6.03. The summed E-state index contributed by atoms with van der Waals surface area (Å²) in [6.45, 7) is 0.109. The highest BCUT2D eigenvalue weighted by Gasteiger charge is 2.35. The summed E-state index contributed by atoms with van der Waals surface area (Å²) in [6.07, 6.45) is 2.36. The number of carbonyl (C=O) groups excluding carboxylic acids is 1. The molecule has 1 N–H and O–H groups in total. The minimum absolute atomic E-state index is 0.0544. The van der Waals surface area contributed by atoms with Crippen molar-refractivity contribution in [2.24, 2.45) is 0 Å². The molecule has 2 aromatic heterocycles. The number of hydrogen-bond acceptors (Lipinski definition) is 4. The Hall–Kier alpha value is -3.68. The van der Waals surface area contributed by atoms with Crippen molar-refractivity contribution in [1.82, 2.24) is 19.9 Å². The molecule has 1 fully saturated rings. The Kier molecular flexibility index (Phi) is 4.50. The van der Waals surface area contributed by atoms with Crippen LogP contribution in [-0.4, -0.2) is 44.8 Å². The van der Waals surface area contributed by atoms with E-state index in [9.17, 15) is 18.4 Å². The van der Waals surface area contributed by atoms with Crippen LogP contribution in [0.3, 0.4) is 0 Å². The summed E-state index contributed by atoms with van der Waals surface area (Å²) in [5.74, 6) is -2.93. The first-order valence-electron chi connectivity index (χ1n) is 9.95. The fourth-order valence-corrected chi connectivity index (χ4v) is 3.99. The van der Waals surface area contributed by atoms with E-state index in [4.69, 9.17) is 0 Å². The molecule has 2 aromatic carbocycles. The van der Waals surface area contributed by atoms with Gasteiger partial charge in [0.15, 0.2) is 5.52 Å². The van der Waals surface area contributed by atoms with Gasteiger partial charge in [-0.05, 0) is 34.5 Å². The standard InChI is InChI=1S/C23H18F2N4O2/c24-23(25)6-8-29(9-7-23)22(31)15-4-5-18-14(10-15)2-1-3-17(18)16-11-19-20(26-12-16)21(30)28-13-27-19/h1-5,10-13H,6-9H2,(H,27,28,30). The Labute approximate surface area is 175 Å². The van der Waals surface area contributed by atoms with Gasteiger partial charge in [-0.15, -0.1) is 0 Å². The van der Waals surface area contributed by atoms with Gasteiger partial charge in [0.05, 0.1) is 11.8 Å². The van der Waals surface area contributed by atoms with Crippen molar-refractivity contribution in [3.8, 4) is 11.1 Å². The second-order valence-corrected chi connectivity index (χ2v) is 7.71. The quantitative estimate of drug-likeness (QED) is 0.532. The van der Waals surface area contributed by atoms with Crippen LogP contribution in [0.25, 0.3) is 32.9 Å². The van der Waals surface area contributed by atoms with Gasteiger partial charge in [0.2, 0.25) is 0 Å². The molecule has 0 radical (unpaired) electrons. The smallest absolute Gasteiger partial charge is 0.277 e. The largest absolute Gasteiger partial charge is 0.338 e. The number of aromatic nitrogens is 3. The van der Waals surface area contributed by atoms with Gasteiger partial charge in [0.1, 0.15) is 0 Å². The van der Waals surface area contributed by atoms with E-state index in [2.05, 4.69) is 15.0 Å². The summed E-state index contributed by atoms with van der Waals surface area (Å²) in [4.78, 5) is 37.1. The highest BCUT2D eigenvalue weighted by atomic mass is 19.3. The van der Waals surface area contributed by atoms with Gasteiger partial charge < -0.3 is 9.88 Å². The van der Waals surface area contributed by atoms with E-state index < -0.39 is 5.92 Å². The van der Waals surface area contributed by atoms with E-state index in [0.29, 0.717) is 11.1 Å². The molecule has 1 aliphatic heterocycles. The third kappa shape index (κ3) is 3.54. The van der Waals surface area contributed by atoms with Crippen molar-refractivity contribution < 1.29 is 13.6 Å². The summed E-state index contributed by atoms with van der Waals surface area (Å²) in [5.41, 5.74) is 2.63. The summed E-state index contributed by atoms with van der Waals surface area (Å²) in [6, 6.07) is 12.9. The monoisotopic (exact) mass is 420 g/mol. The Morgan fingerprint density at radius 3 is 2.68 bits per heavy atom. The Balaban J connectivity index is 1.51. The number of benzene rings is 2. The van der Waals surface area contributed by atoms with Crippen LogP contribution in [0.1, 0.15) is 23.2 Å². The third-order valence-corrected chi connectivity index (χ3v) is 5.70. The number of carbonyl (C=O) groups is 1. The molecule has 0 spiro atoms. The molecule has 0 bridgehead atoms. The minimum atomic E-state index is -2.69. The Morgan fingerprint density at radius 1 is 1.06 bits per heavy atom. The summed E-state index contributed by atoms with van der Waals surface area (Å²) < 4.78 is 26.8. The molecular weight excluding hydrogens is 402 g/mol. The van der Waals surface area contributed by atoms with Crippen LogP contribution in [0.2, 0.25) is 0 Å². The van der Waals surface area contributed by atoms with Gasteiger partial charge in [-0.3, -0.25) is 9.59 Å². The van der Waals surface area contributed by atoms with Gasteiger partial charge in [0, 0.05) is 43.3 Å². The second kappa shape index (κ2) is 7.23. The molecule has 6 nitrogen and oxygen atoms in total. The van der Waals surface area contributed by atoms with Gasteiger partial charge in [0.25, 0.3) is 17.4 Å². The maximum absolute atomic E-state index is 13.4. The lowest BCUT2D eigenvalue weighted by atomic mass is 9.97. The number of pyridine rings is 1. The van der Waals surface area contributed by atoms with Crippen LogP contribution in [0.15, 0.2) is 59.8 Å². The van der Waals surface area contributed by atoms with Gasteiger partial charge in [-0.1, -0.05) is 24.3 Å². The van der Waals surface area contributed by atoms with E-state index in [-0.39, 0.29) is 42.9 Å². The van der Waals surface area contributed by atoms with Crippen molar-refractivity contribution in [1.29, 1.82) is 0 Å². The molecule has 1 aliphatic rings. The number of nitrogens with zero attached hydrogens (tertiary/aromatic N) is 3. The van der Waals surface area contributed by atoms with Crippen molar-refractivity contribution in [2.45, 2.75) is 18.8 Å². The number of alkyl halides is 2. The predicted octanol–water partition coefficient (Wildman–Crippen LogP) is 4.01. The van der Waals surface area contributed by atoms with Crippen LogP contribution in [0.4, 0.5) is 8.78 Å². The number of likely N-dealkylation sites (tertiary alicyclic amines) is 1. The molecule has 31 heavy (non-hydrogen) atoms. The third-order valence-electron chi connectivity index (χ3n) is 5.70. The molecule has 5 rings (SSSR count). The zero-order valence-corrected chi connectivity index (χ0v) is 16.4. The molecule has 3 heterocycles. The summed E-state index contributed by atoms with van der Waals surface area (Å²) in [7, 11) is 0. The van der Waals surface area contributed by atoms with Crippen molar-refractivity contribution >= 4 is 27.7 Å². The molecule has 0 saturated carbocycles. The molecule has 0 atom stereocenters. The lowest BCUT2D eigenvalue weighted by Gasteiger charge is -2.31. The number of H-pyrrole nitrogens is 1. The maximum Gasteiger partial charge on any atom is 0.277 e. The summed E-state index contributed by atoms with van der Waals surface area (Å²) >= 11 is 0. The van der Waals surface area contributed by atoms with E-state index in [1.807, 2.05) is 24.3 Å². The predicted molar refractivity (Wildman–Crippen MR) is 113 cm³/mol. The number of halogens is 2. The molecule has 8 heteroatoms. The molecule has 0 aliphatic carbocycles. The van der Waals surface area contributed by atoms with Crippen molar-refractivity contribution in [3.05, 3.63) is 70.9 Å². The molecular formula is C23H18F2N4O2. The van der Waals surface area contributed by atoms with Crippen LogP contribution >= 0.6 is 0 Å². The Morgan fingerprint density at radius 2 is 1.87 bits per heavy atom. The van der Waals surface area contributed by atoms with Gasteiger partial charge in [-0.2, -0.15) is 0 Å². The zero-order valence-electron chi connectivity index (χ0n) is 16.4. The van der Waals surface area contributed by atoms with E-state index in [0.717, 1.165) is 21.9 Å². The van der Waals surface area contributed by atoms with Gasteiger partial charge >= 0.3 is 0 Å². The van der Waals surface area contributed by atoms with E-state index in [1.165, 1.54) is 11.2 Å². The first-order valence-corrected chi connectivity index (χ1v) is 9.95. The maximum atomic E-state index is 13.4. The molecule has 0 unspecified atom stereocenters. The minimum Gasteiger partial charge on any atom is -0.338 e. The first kappa shape index (κ1) is 19.3. The number of rotatable bonds is 2. The number of nitrogens with one attached hydrogen (secondary N) is 1. The fraction of sp³-hybridized carbons (Fsp3) is 0.217. The van der Waals surface area contributed by atoms with Gasteiger partial charge in [-0.25, -0.2) is 18.7 Å². The van der Waals surface area contributed by atoms with E-state index >= 15 is 0 Å². The average Bonchev–Trinajstić information content (AvgIpc) is 2.78. The summed E-state index contributed by atoms with van der Waals surface area (Å²) in [5, 5.41) is 1.76. The Bertz CT molecular complexity index is 1370. The number of hydrogen-bond donors (Lipinski definition) is 1. The fourth-order valence-electron chi connectivity index (χ4n) is 3.99. The average molecular weight is 420 g/mol. The van der Waals surface area contributed by atoms with Crippen LogP contribution in [-0.2, 0) is 0 Å². The lowest BCUT2D eigenvalue weighted by molar-refractivity contribution is -0.0494. The second-order valence-electron chi connectivity index (χ2n) is 7.71. The zero-order chi connectivity index (χ0) is 21.6. The SMILES string of the molecule is O=C(c1ccc2c(-c3cnc4c(=O)[nH]cnc4c3)cccc2c1)N1CCC(F)(F)CC1. The topological polar surface area (TPSA) is 79.0 Å². The number of piperidine rings is 1. The normalized spacial score (nSPS) is 16.0. The molecule has 4 aromatic rings. The first-order chi connectivity index (χ1) is 14.9. The van der Waals surface area contributed by atoms with Crippen LogP contribution in [0, 0.1) is 0 Å². The number of amides is 1. The van der Waals surface area contributed by atoms with E-state index in [1.54, 1.807) is 24.4 Å². The highest BCUT2D eigenvalue weighted by Crippen LogP contribution is 2.31. The molecule has 156 valence electrons. The van der Waals surface area contributed by atoms with Crippen molar-refractivity contribution in [2.75, 3.05) is 13.1 Å². The molecule has 1 amide bonds. The lowest BCUT2D eigenvalue weighted by Crippen LogP contribution is -2.42. The van der Waals surface area contributed by atoms with Crippen LogP contribution < -0.4 is 5.56 Å². The van der Waals surface area contributed by atoms with Crippen LogP contribution in [0.5, 0.6) is 0 Å².